The van der Waals surface area contributed by atoms with Crippen LogP contribution in [0, 0.1) is 13.8 Å². The van der Waals surface area contributed by atoms with Gasteiger partial charge in [0.2, 0.25) is 0 Å². The molecule has 0 aliphatic rings. The molecular weight excluding hydrogens is 528 g/mol. The quantitative estimate of drug-likeness (QED) is 0.201. The van der Waals surface area contributed by atoms with E-state index in [1.807, 2.05) is 13.8 Å². The van der Waals surface area contributed by atoms with Crippen molar-refractivity contribution >= 4 is 30.0 Å². The van der Waals surface area contributed by atoms with Gasteiger partial charge in [0.15, 0.2) is 5.96 Å². The zero-order valence-corrected chi connectivity index (χ0v) is 21.7. The van der Waals surface area contributed by atoms with Crippen LogP contribution in [0.1, 0.15) is 80.8 Å². The number of nitrogens with zero attached hydrogens (tertiary/aromatic N) is 1. The van der Waals surface area contributed by atoms with E-state index in [0.717, 1.165) is 6.07 Å². The fourth-order valence-electron chi connectivity index (χ4n) is 3.36. The molecule has 212 valence electrons. The van der Waals surface area contributed by atoms with Crippen LogP contribution in [-0.2, 0) is 12.4 Å². The topological polar surface area (TPSA) is 119 Å². The molecule has 0 aliphatic carbocycles. The molecule has 0 saturated carbocycles. The fourth-order valence-corrected chi connectivity index (χ4v) is 3.36. The van der Waals surface area contributed by atoms with Gasteiger partial charge in [0.25, 0.3) is 5.91 Å². The van der Waals surface area contributed by atoms with Gasteiger partial charge in [-0.1, -0.05) is 50.3 Å². The molecule has 2 aromatic carbocycles. The van der Waals surface area contributed by atoms with Crippen LogP contribution < -0.4 is 11.5 Å². The minimum atomic E-state index is -4.58. The van der Waals surface area contributed by atoms with E-state index < -0.39 is 41.3 Å². The highest BCUT2D eigenvalue weighted by atomic mass is 19.4. The van der Waals surface area contributed by atoms with Gasteiger partial charge in [-0.3, -0.25) is 4.79 Å². The van der Waals surface area contributed by atoms with Gasteiger partial charge in [0.1, 0.15) is 0 Å². The lowest BCUT2D eigenvalue weighted by Gasteiger charge is -2.13. The number of hydrogen-bond acceptors (Lipinski definition) is 2. The number of aromatic carboxylic acids is 1. The number of hydrogen-bond donors (Lipinski definition) is 3. The summed E-state index contributed by atoms with van der Waals surface area (Å²) in [7, 11) is 0. The van der Waals surface area contributed by atoms with Crippen molar-refractivity contribution in [2.45, 2.75) is 52.9 Å². The Balaban J connectivity index is 0.000000395. The molecule has 6 nitrogen and oxygen atoms in total. The van der Waals surface area contributed by atoms with E-state index in [9.17, 15) is 35.9 Å². The third-order valence-corrected chi connectivity index (χ3v) is 5.16. The number of carbonyl (C=O) groups excluding carboxylic acids is 1. The Morgan fingerprint density at radius 2 is 1.18 bits per heavy atom. The Kier molecular flexibility index (Phi) is 11.5. The number of halogens is 6. The van der Waals surface area contributed by atoms with Crippen LogP contribution in [0.2, 0.25) is 0 Å². The molecule has 0 fully saturated rings. The Labute approximate surface area is 221 Å². The van der Waals surface area contributed by atoms with Crippen LogP contribution in [-0.4, -0.2) is 22.9 Å². The van der Waals surface area contributed by atoms with Crippen molar-refractivity contribution in [1.82, 2.24) is 0 Å². The molecule has 0 heterocycles. The van der Waals surface area contributed by atoms with Gasteiger partial charge in [-0.15, -0.1) is 0 Å². The van der Waals surface area contributed by atoms with Crippen LogP contribution in [0.3, 0.4) is 0 Å². The number of guanidine groups is 1. The number of aliphatic imine (C=N–C) groups is 1. The van der Waals surface area contributed by atoms with Gasteiger partial charge in [-0.05, 0) is 61.1 Å². The normalized spacial score (nSPS) is 11.8. The lowest BCUT2D eigenvalue weighted by Crippen LogP contribution is -2.24. The van der Waals surface area contributed by atoms with Crippen LogP contribution in [0.5, 0.6) is 0 Å². The number of carbonyl (C=O) groups is 2. The minimum absolute atomic E-state index is 0.00287. The minimum Gasteiger partial charge on any atom is -0.478 e. The first kappa shape index (κ1) is 32.9. The third-order valence-electron chi connectivity index (χ3n) is 5.16. The summed E-state index contributed by atoms with van der Waals surface area (Å²) in [6, 6.07) is 4.01. The lowest BCUT2D eigenvalue weighted by molar-refractivity contribution is -0.138. The summed E-state index contributed by atoms with van der Waals surface area (Å²) in [4.78, 5) is 25.9. The van der Waals surface area contributed by atoms with E-state index in [-0.39, 0.29) is 22.3 Å². The maximum Gasteiger partial charge on any atom is 0.417 e. The lowest BCUT2D eigenvalue weighted by atomic mass is 9.97. The Bertz CT molecular complexity index is 1290. The monoisotopic (exact) mass is 557 g/mol. The predicted molar refractivity (Wildman–Crippen MR) is 138 cm³/mol. The average molecular weight is 558 g/mol. The molecule has 0 bridgehead atoms. The highest BCUT2D eigenvalue weighted by Crippen LogP contribution is 2.35. The molecular formula is C27H29F6N3O3. The SMILES string of the molecule is CCC=Cc1cc(C)c(C(=O)N=C(N)N)cc1C(F)(F)F.CCC=Cc1cc(C)c(C(=O)O)cc1C(F)(F)F. The average Bonchev–Trinajstić information content (AvgIpc) is 2.79. The van der Waals surface area contributed by atoms with Gasteiger partial charge in [0.05, 0.1) is 16.7 Å². The van der Waals surface area contributed by atoms with E-state index in [1.165, 1.54) is 38.1 Å². The van der Waals surface area contributed by atoms with Gasteiger partial charge in [0, 0.05) is 5.56 Å². The molecule has 2 rings (SSSR count). The summed E-state index contributed by atoms with van der Waals surface area (Å²) < 4.78 is 77.7. The first-order valence-corrected chi connectivity index (χ1v) is 11.6. The summed E-state index contributed by atoms with van der Waals surface area (Å²) in [5.74, 6) is -2.75. The van der Waals surface area contributed by atoms with Gasteiger partial charge in [-0.2, -0.15) is 31.3 Å². The molecule has 2 aromatic rings. The highest BCUT2D eigenvalue weighted by molar-refractivity contribution is 6.03. The first-order valence-electron chi connectivity index (χ1n) is 11.6. The molecule has 0 aliphatic heterocycles. The molecule has 0 unspecified atom stereocenters. The number of carboxylic acids is 1. The van der Waals surface area contributed by atoms with Crippen molar-refractivity contribution in [3.63, 3.8) is 0 Å². The molecule has 0 radical (unpaired) electrons. The summed E-state index contributed by atoms with van der Waals surface area (Å²) in [5, 5.41) is 8.84. The number of allylic oxidation sites excluding steroid dienone is 2. The van der Waals surface area contributed by atoms with Crippen molar-refractivity contribution in [2.75, 3.05) is 0 Å². The number of aryl methyl sites for hydroxylation is 2. The van der Waals surface area contributed by atoms with Crippen molar-refractivity contribution in [3.05, 3.63) is 80.9 Å². The van der Waals surface area contributed by atoms with Gasteiger partial charge < -0.3 is 16.6 Å². The molecule has 39 heavy (non-hydrogen) atoms. The molecule has 12 heteroatoms. The summed E-state index contributed by atoms with van der Waals surface area (Å²) in [5.41, 5.74) is 8.51. The molecule has 0 atom stereocenters. The number of amides is 1. The highest BCUT2D eigenvalue weighted by Gasteiger charge is 2.35. The molecule has 1 amide bonds. The zero-order valence-electron chi connectivity index (χ0n) is 21.7. The van der Waals surface area contributed by atoms with Gasteiger partial charge >= 0.3 is 18.3 Å². The van der Waals surface area contributed by atoms with Crippen LogP contribution in [0.25, 0.3) is 12.2 Å². The van der Waals surface area contributed by atoms with Crippen LogP contribution in [0.4, 0.5) is 26.3 Å². The summed E-state index contributed by atoms with van der Waals surface area (Å²) in [6.45, 7) is 6.63. The molecule has 0 aromatic heterocycles. The predicted octanol–water partition coefficient (Wildman–Crippen LogP) is 6.99. The Hall–Kier alpha value is -4.09. The second-order valence-electron chi connectivity index (χ2n) is 8.27. The summed E-state index contributed by atoms with van der Waals surface area (Å²) in [6.07, 6.45) is -1.97. The summed E-state index contributed by atoms with van der Waals surface area (Å²) >= 11 is 0. The van der Waals surface area contributed by atoms with Crippen molar-refractivity contribution in [1.29, 1.82) is 0 Å². The standard InChI is InChI=1S/C14H16F3N3O.C13H13F3O2/c1-3-4-5-9-6-8(2)10(12(21)20-13(18)19)7-11(9)14(15,16)17;1-3-4-5-9-6-8(2)10(12(17)18)7-11(9)13(14,15)16/h4-7H,3H2,1-2H3,(H4,18,19,20,21);4-7H,3H2,1-2H3,(H,17,18). The number of benzene rings is 2. The van der Waals surface area contributed by atoms with Crippen molar-refractivity contribution in [2.24, 2.45) is 16.5 Å². The Morgan fingerprint density at radius 1 is 0.795 bits per heavy atom. The van der Waals surface area contributed by atoms with E-state index in [1.54, 1.807) is 12.2 Å². The number of rotatable bonds is 6. The third kappa shape index (κ3) is 9.62. The maximum atomic E-state index is 13.1. The number of nitrogens with two attached hydrogens (primary N) is 2. The smallest absolute Gasteiger partial charge is 0.417 e. The molecule has 0 saturated heterocycles. The second-order valence-corrected chi connectivity index (χ2v) is 8.27. The van der Waals surface area contributed by atoms with E-state index in [4.69, 9.17) is 16.6 Å². The van der Waals surface area contributed by atoms with Crippen molar-refractivity contribution in [3.8, 4) is 0 Å². The van der Waals surface area contributed by atoms with Crippen LogP contribution in [0.15, 0.2) is 41.4 Å². The fraction of sp³-hybridized carbons (Fsp3) is 0.296. The van der Waals surface area contributed by atoms with E-state index >= 15 is 0 Å². The second kappa shape index (κ2) is 13.6. The molecule has 5 N–H and O–H groups in total. The maximum absolute atomic E-state index is 13.1. The number of alkyl halides is 6. The largest absolute Gasteiger partial charge is 0.478 e. The van der Waals surface area contributed by atoms with Gasteiger partial charge in [-0.25, -0.2) is 4.79 Å². The molecule has 0 spiro atoms. The van der Waals surface area contributed by atoms with Crippen LogP contribution >= 0.6 is 0 Å². The first-order chi connectivity index (χ1) is 17.9. The number of carboxylic acid groups (broad SMARTS) is 1. The van der Waals surface area contributed by atoms with E-state index in [2.05, 4.69) is 4.99 Å². The zero-order chi connectivity index (χ0) is 30.1. The van der Waals surface area contributed by atoms with Crippen molar-refractivity contribution < 1.29 is 41.0 Å². The Morgan fingerprint density at radius 3 is 1.51 bits per heavy atom. The van der Waals surface area contributed by atoms with E-state index in [0.29, 0.717) is 30.0 Å².